The van der Waals surface area contributed by atoms with E-state index in [0.717, 1.165) is 12.3 Å². The summed E-state index contributed by atoms with van der Waals surface area (Å²) in [4.78, 5) is 0. The largest absolute Gasteiger partial charge is 0.396 e. The van der Waals surface area contributed by atoms with Gasteiger partial charge in [0.1, 0.15) is 0 Å². The van der Waals surface area contributed by atoms with Crippen LogP contribution in [0.1, 0.15) is 113 Å². The Morgan fingerprint density at radius 3 is 2.12 bits per heavy atom. The third kappa shape index (κ3) is 2.80. The van der Waals surface area contributed by atoms with Gasteiger partial charge in [0.05, 0.1) is 5.60 Å². The molecule has 5 aliphatic carbocycles. The van der Waals surface area contributed by atoms with Crippen LogP contribution in [-0.2, 0) is 0 Å². The Kier molecular flexibility index (Phi) is 5.25. The van der Waals surface area contributed by atoms with Crippen LogP contribution in [-0.4, -0.2) is 22.4 Å². The zero-order valence-corrected chi connectivity index (χ0v) is 22.8. The fourth-order valence-electron chi connectivity index (χ4n) is 11.7. The van der Waals surface area contributed by atoms with Crippen LogP contribution in [0.2, 0.25) is 0 Å². The third-order valence-electron chi connectivity index (χ3n) is 14.2. The number of aliphatic hydroxyl groups is 2. The molecule has 0 heterocycles. The van der Waals surface area contributed by atoms with Gasteiger partial charge in [-0.05, 0) is 135 Å². The molecule has 4 unspecified atom stereocenters. The monoisotopic (exact) mass is 456 g/mol. The molecule has 2 N–H and O–H groups in total. The van der Waals surface area contributed by atoms with Gasteiger partial charge < -0.3 is 10.2 Å². The van der Waals surface area contributed by atoms with Crippen LogP contribution < -0.4 is 0 Å². The Labute approximate surface area is 204 Å². The van der Waals surface area contributed by atoms with Gasteiger partial charge in [-0.3, -0.25) is 0 Å². The molecule has 5 fully saturated rings. The normalized spacial score (nSPS) is 57.4. The van der Waals surface area contributed by atoms with E-state index in [-0.39, 0.29) is 10.8 Å². The van der Waals surface area contributed by atoms with Crippen molar-refractivity contribution in [2.24, 2.45) is 56.7 Å². The molecule has 0 radical (unpaired) electrons. The van der Waals surface area contributed by atoms with Crippen LogP contribution in [0.15, 0.2) is 12.2 Å². The van der Waals surface area contributed by atoms with Crippen molar-refractivity contribution in [1.29, 1.82) is 0 Å². The van der Waals surface area contributed by atoms with Crippen LogP contribution in [0, 0.1) is 56.7 Å². The molecule has 2 heteroatoms. The molecule has 0 saturated heterocycles. The molecule has 2 nitrogen and oxygen atoms in total. The summed E-state index contributed by atoms with van der Waals surface area (Å²) in [6.45, 7) is 21.9. The molecule has 0 bridgehead atoms. The second-order valence-electron chi connectivity index (χ2n) is 15.2. The standard InChI is InChI=1S/C31H52O2/c1-20(2)21-11-14-31(19-32)18-16-28(6)22(25(21)31)9-10-24-27(5)15-17-30(8,33)26(3,4)23(27)12-13-29(24,28)7/h21-25,32-33H,1,9-19H2,2-8H3/t21-,22?,23?,24?,25?,27-,28+,29+,30-,31+/m0/s1. The van der Waals surface area contributed by atoms with Crippen LogP contribution in [0.25, 0.3) is 0 Å². The second kappa shape index (κ2) is 7.12. The molecule has 0 aromatic carbocycles. The maximum atomic E-state index is 11.4. The zero-order chi connectivity index (χ0) is 24.2. The Hall–Kier alpha value is -0.340. The fraction of sp³-hybridized carbons (Fsp3) is 0.935. The highest BCUT2D eigenvalue weighted by Crippen LogP contribution is 2.77. The van der Waals surface area contributed by atoms with Crippen LogP contribution in [0.5, 0.6) is 0 Å². The summed E-state index contributed by atoms with van der Waals surface area (Å²) in [5.41, 5.74) is 1.92. The van der Waals surface area contributed by atoms with Crippen molar-refractivity contribution in [3.8, 4) is 0 Å². The van der Waals surface area contributed by atoms with Gasteiger partial charge in [0.2, 0.25) is 0 Å². The number of allylic oxidation sites excluding steroid dienone is 1. The van der Waals surface area contributed by atoms with Gasteiger partial charge in [-0.15, -0.1) is 0 Å². The van der Waals surface area contributed by atoms with Crippen molar-refractivity contribution in [3.63, 3.8) is 0 Å². The molecule has 5 rings (SSSR count). The maximum absolute atomic E-state index is 11.4. The lowest BCUT2D eigenvalue weighted by Crippen LogP contribution is -2.68. The Morgan fingerprint density at radius 2 is 1.48 bits per heavy atom. The first-order chi connectivity index (χ1) is 15.2. The van der Waals surface area contributed by atoms with E-state index in [1.54, 1.807) is 0 Å². The van der Waals surface area contributed by atoms with E-state index in [9.17, 15) is 10.2 Å². The highest BCUT2D eigenvalue weighted by molar-refractivity contribution is 5.22. The van der Waals surface area contributed by atoms with Crippen molar-refractivity contribution in [2.45, 2.75) is 118 Å². The van der Waals surface area contributed by atoms with Crippen molar-refractivity contribution in [2.75, 3.05) is 6.61 Å². The number of rotatable bonds is 2. The Bertz CT molecular complexity index is 827. The molecule has 33 heavy (non-hydrogen) atoms. The second-order valence-corrected chi connectivity index (χ2v) is 15.2. The molecule has 188 valence electrons. The predicted octanol–water partition coefficient (Wildman–Crippen LogP) is 7.39. The van der Waals surface area contributed by atoms with Gasteiger partial charge in [0.25, 0.3) is 0 Å². The number of hydrogen-bond acceptors (Lipinski definition) is 2. The van der Waals surface area contributed by atoms with Crippen LogP contribution >= 0.6 is 0 Å². The SMILES string of the molecule is C=C(C)[C@@H]1CC[C@]2(CO)CC[C@]3(C)C(CCC4[C@@]5(C)CC[C@](C)(O)C(C)(C)C5CC[C@]43C)C12. The summed E-state index contributed by atoms with van der Waals surface area (Å²) in [6.07, 6.45) is 12.3. The van der Waals surface area contributed by atoms with Crippen molar-refractivity contribution >= 4 is 0 Å². The van der Waals surface area contributed by atoms with Gasteiger partial charge in [-0.1, -0.05) is 46.8 Å². The van der Waals surface area contributed by atoms with Crippen LogP contribution in [0.4, 0.5) is 0 Å². The van der Waals surface area contributed by atoms with Crippen molar-refractivity contribution in [3.05, 3.63) is 12.2 Å². The summed E-state index contributed by atoms with van der Waals surface area (Å²) < 4.78 is 0. The smallest absolute Gasteiger partial charge is 0.0673 e. The fourth-order valence-corrected chi connectivity index (χ4v) is 11.7. The Morgan fingerprint density at radius 1 is 0.788 bits per heavy atom. The molecule has 10 atom stereocenters. The zero-order valence-electron chi connectivity index (χ0n) is 22.8. The van der Waals surface area contributed by atoms with Gasteiger partial charge in [0, 0.05) is 6.61 Å². The molecule has 0 aliphatic heterocycles. The van der Waals surface area contributed by atoms with Crippen LogP contribution in [0.3, 0.4) is 0 Å². The molecule has 0 spiro atoms. The first-order valence-electron chi connectivity index (χ1n) is 14.2. The van der Waals surface area contributed by atoms with Gasteiger partial charge in [-0.25, -0.2) is 0 Å². The van der Waals surface area contributed by atoms with E-state index >= 15 is 0 Å². The number of hydrogen-bond donors (Lipinski definition) is 2. The minimum Gasteiger partial charge on any atom is -0.396 e. The molecule has 5 aliphatic rings. The summed E-state index contributed by atoms with van der Waals surface area (Å²) >= 11 is 0. The minimum atomic E-state index is -0.559. The lowest BCUT2D eigenvalue weighted by atomic mass is 9.31. The lowest BCUT2D eigenvalue weighted by Gasteiger charge is -2.73. The topological polar surface area (TPSA) is 40.5 Å². The number of aliphatic hydroxyl groups excluding tert-OH is 1. The molecule has 0 aromatic heterocycles. The highest BCUT2D eigenvalue weighted by Gasteiger charge is 2.71. The summed E-state index contributed by atoms with van der Waals surface area (Å²) in [5, 5.41) is 22.0. The first-order valence-corrected chi connectivity index (χ1v) is 14.2. The maximum Gasteiger partial charge on any atom is 0.0673 e. The Balaban J connectivity index is 1.55. The number of fused-ring (bicyclic) bond motifs is 7. The quantitative estimate of drug-likeness (QED) is 0.425. The third-order valence-corrected chi connectivity index (χ3v) is 14.2. The average Bonchev–Trinajstić information content (AvgIpc) is 3.12. The van der Waals surface area contributed by atoms with Crippen molar-refractivity contribution in [1.82, 2.24) is 0 Å². The van der Waals surface area contributed by atoms with E-state index in [1.807, 2.05) is 0 Å². The van der Waals surface area contributed by atoms with E-state index < -0.39 is 5.60 Å². The highest BCUT2D eigenvalue weighted by atomic mass is 16.3. The first kappa shape index (κ1) is 24.4. The molecule has 0 amide bonds. The summed E-state index contributed by atoms with van der Waals surface area (Å²) in [6, 6.07) is 0. The molecule has 0 aromatic rings. The summed E-state index contributed by atoms with van der Waals surface area (Å²) in [7, 11) is 0. The van der Waals surface area contributed by atoms with Gasteiger partial charge in [-0.2, -0.15) is 0 Å². The van der Waals surface area contributed by atoms with Crippen molar-refractivity contribution < 1.29 is 10.2 Å². The van der Waals surface area contributed by atoms with E-state index in [4.69, 9.17) is 0 Å². The predicted molar refractivity (Wildman–Crippen MR) is 137 cm³/mol. The minimum absolute atomic E-state index is 0.0335. The average molecular weight is 457 g/mol. The molecular weight excluding hydrogens is 404 g/mol. The van der Waals surface area contributed by atoms with Gasteiger partial charge in [0.15, 0.2) is 0 Å². The lowest BCUT2D eigenvalue weighted by molar-refractivity contribution is -0.263. The van der Waals surface area contributed by atoms with E-state index in [0.29, 0.717) is 46.5 Å². The summed E-state index contributed by atoms with van der Waals surface area (Å²) in [5.74, 6) is 3.26. The van der Waals surface area contributed by atoms with E-state index in [2.05, 4.69) is 55.0 Å². The molecule has 5 saturated carbocycles. The van der Waals surface area contributed by atoms with E-state index in [1.165, 1.54) is 63.4 Å². The van der Waals surface area contributed by atoms with Gasteiger partial charge >= 0.3 is 0 Å². The molecular formula is C31H52O2.